The van der Waals surface area contributed by atoms with Gasteiger partial charge in [0.15, 0.2) is 0 Å². The molecule has 3 nitrogen and oxygen atoms in total. The number of nitrogens with one attached hydrogen (secondary N) is 1. The molecule has 2 aromatic carbocycles. The highest BCUT2D eigenvalue weighted by atomic mass is 79.9. The molecule has 0 bridgehead atoms. The van der Waals surface area contributed by atoms with Crippen molar-refractivity contribution in [3.8, 4) is 0 Å². The number of anilines is 1. The van der Waals surface area contributed by atoms with Crippen molar-refractivity contribution in [2.75, 3.05) is 5.32 Å². The van der Waals surface area contributed by atoms with Crippen LogP contribution < -0.4 is 5.32 Å². The summed E-state index contributed by atoms with van der Waals surface area (Å²) in [5.41, 5.74) is 2.71. The topological polar surface area (TPSA) is 42.0 Å². The van der Waals surface area contributed by atoms with Gasteiger partial charge in [-0.05, 0) is 30.2 Å². The van der Waals surface area contributed by atoms with E-state index in [1.807, 2.05) is 54.6 Å². The maximum absolute atomic E-state index is 12.2. The van der Waals surface area contributed by atoms with Crippen LogP contribution in [0.3, 0.4) is 0 Å². The van der Waals surface area contributed by atoms with E-state index < -0.39 is 0 Å². The normalized spacial score (nSPS) is 10.6. The standard InChI is InChI=1S/C18H15BrN2O/c19-15-11-14-7-4-10-20-18(14)16(12-15)21-17(22)9-8-13-5-2-1-3-6-13/h1-7,10-12H,8-9H2,(H,21,22). The molecule has 1 aromatic heterocycles. The third-order valence-corrected chi connectivity index (χ3v) is 3.89. The Balaban J connectivity index is 1.74. The number of benzene rings is 2. The maximum atomic E-state index is 12.2. The molecule has 0 fully saturated rings. The molecule has 0 spiro atoms. The van der Waals surface area contributed by atoms with Gasteiger partial charge in [-0.2, -0.15) is 0 Å². The van der Waals surface area contributed by atoms with Crippen LogP contribution in [-0.2, 0) is 11.2 Å². The van der Waals surface area contributed by atoms with Crippen molar-refractivity contribution in [1.29, 1.82) is 0 Å². The number of halogens is 1. The molecule has 4 heteroatoms. The van der Waals surface area contributed by atoms with Gasteiger partial charge in [-0.15, -0.1) is 0 Å². The van der Waals surface area contributed by atoms with Gasteiger partial charge in [0.2, 0.25) is 5.91 Å². The van der Waals surface area contributed by atoms with Crippen molar-refractivity contribution in [3.63, 3.8) is 0 Å². The molecule has 0 atom stereocenters. The van der Waals surface area contributed by atoms with E-state index in [1.165, 1.54) is 0 Å². The number of amides is 1. The Morgan fingerprint density at radius 1 is 1.09 bits per heavy atom. The van der Waals surface area contributed by atoms with E-state index in [2.05, 4.69) is 26.2 Å². The number of hydrogen-bond donors (Lipinski definition) is 1. The number of aryl methyl sites for hydroxylation is 1. The van der Waals surface area contributed by atoms with Crippen LogP contribution in [0.5, 0.6) is 0 Å². The fraction of sp³-hybridized carbons (Fsp3) is 0.111. The zero-order valence-electron chi connectivity index (χ0n) is 11.9. The first kappa shape index (κ1) is 14.7. The molecule has 0 saturated carbocycles. The summed E-state index contributed by atoms with van der Waals surface area (Å²) in [4.78, 5) is 16.5. The largest absolute Gasteiger partial charge is 0.324 e. The first-order valence-corrected chi connectivity index (χ1v) is 7.90. The van der Waals surface area contributed by atoms with E-state index in [4.69, 9.17) is 0 Å². The molecule has 110 valence electrons. The van der Waals surface area contributed by atoms with E-state index >= 15 is 0 Å². The van der Waals surface area contributed by atoms with E-state index in [0.717, 1.165) is 33.0 Å². The van der Waals surface area contributed by atoms with Gasteiger partial charge in [-0.25, -0.2) is 0 Å². The van der Waals surface area contributed by atoms with Gasteiger partial charge in [0.05, 0.1) is 11.2 Å². The predicted octanol–water partition coefficient (Wildman–Crippen LogP) is 4.57. The van der Waals surface area contributed by atoms with E-state index in [1.54, 1.807) is 6.20 Å². The molecule has 0 aliphatic carbocycles. The summed E-state index contributed by atoms with van der Waals surface area (Å²) in [5.74, 6) is -0.00564. The molecule has 0 unspecified atom stereocenters. The summed E-state index contributed by atoms with van der Waals surface area (Å²) in [6.45, 7) is 0. The monoisotopic (exact) mass is 354 g/mol. The Morgan fingerprint density at radius 3 is 2.73 bits per heavy atom. The highest BCUT2D eigenvalue weighted by Crippen LogP contribution is 2.26. The number of fused-ring (bicyclic) bond motifs is 1. The van der Waals surface area contributed by atoms with Crippen molar-refractivity contribution in [2.45, 2.75) is 12.8 Å². The molecule has 0 aliphatic rings. The average molecular weight is 355 g/mol. The highest BCUT2D eigenvalue weighted by molar-refractivity contribution is 9.10. The van der Waals surface area contributed by atoms with Gasteiger partial charge in [0.25, 0.3) is 0 Å². The molecule has 3 aromatic rings. The number of aromatic nitrogens is 1. The Labute approximate surface area is 137 Å². The van der Waals surface area contributed by atoms with E-state index in [-0.39, 0.29) is 5.91 Å². The molecule has 0 saturated heterocycles. The van der Waals surface area contributed by atoms with Crippen LogP contribution in [-0.4, -0.2) is 10.9 Å². The molecule has 22 heavy (non-hydrogen) atoms. The smallest absolute Gasteiger partial charge is 0.224 e. The Hall–Kier alpha value is -2.20. The molecule has 3 rings (SSSR count). The summed E-state index contributed by atoms with van der Waals surface area (Å²) in [6.07, 6.45) is 2.91. The van der Waals surface area contributed by atoms with Crippen molar-refractivity contribution < 1.29 is 4.79 Å². The Bertz CT molecular complexity index is 803. The van der Waals surface area contributed by atoms with Gasteiger partial charge in [-0.1, -0.05) is 52.3 Å². The summed E-state index contributed by atoms with van der Waals surface area (Å²) in [5, 5.41) is 3.96. The van der Waals surface area contributed by atoms with Gasteiger partial charge < -0.3 is 5.32 Å². The lowest BCUT2D eigenvalue weighted by Crippen LogP contribution is -2.13. The number of nitrogens with zero attached hydrogens (tertiary/aromatic N) is 1. The lowest BCUT2D eigenvalue weighted by molar-refractivity contribution is -0.116. The molecule has 0 radical (unpaired) electrons. The van der Waals surface area contributed by atoms with Crippen molar-refractivity contribution in [2.24, 2.45) is 0 Å². The Morgan fingerprint density at radius 2 is 1.91 bits per heavy atom. The van der Waals surface area contributed by atoms with Crippen LogP contribution in [0.25, 0.3) is 10.9 Å². The number of hydrogen-bond acceptors (Lipinski definition) is 2. The van der Waals surface area contributed by atoms with Crippen LogP contribution in [0.4, 0.5) is 5.69 Å². The summed E-state index contributed by atoms with van der Waals surface area (Å²) in [6, 6.07) is 17.7. The minimum Gasteiger partial charge on any atom is -0.324 e. The van der Waals surface area contributed by atoms with Crippen LogP contribution >= 0.6 is 15.9 Å². The first-order valence-electron chi connectivity index (χ1n) is 7.10. The third-order valence-electron chi connectivity index (χ3n) is 3.43. The number of pyridine rings is 1. The van der Waals surface area contributed by atoms with Crippen LogP contribution in [0.1, 0.15) is 12.0 Å². The fourth-order valence-corrected chi connectivity index (χ4v) is 2.84. The van der Waals surface area contributed by atoms with Crippen molar-refractivity contribution in [3.05, 3.63) is 70.8 Å². The second-order valence-corrected chi connectivity index (χ2v) is 5.98. The van der Waals surface area contributed by atoms with E-state index in [0.29, 0.717) is 6.42 Å². The van der Waals surface area contributed by atoms with Gasteiger partial charge >= 0.3 is 0 Å². The number of carbonyl (C=O) groups is 1. The second kappa shape index (κ2) is 6.71. The second-order valence-electron chi connectivity index (χ2n) is 5.06. The SMILES string of the molecule is O=C(CCc1ccccc1)Nc1cc(Br)cc2cccnc12. The minimum atomic E-state index is -0.00564. The average Bonchev–Trinajstić information content (AvgIpc) is 2.54. The zero-order chi connectivity index (χ0) is 15.4. The Kier molecular flexibility index (Phi) is 4.49. The predicted molar refractivity (Wildman–Crippen MR) is 92.8 cm³/mol. The molecular formula is C18H15BrN2O. The third kappa shape index (κ3) is 3.52. The maximum Gasteiger partial charge on any atom is 0.224 e. The lowest BCUT2D eigenvalue weighted by Gasteiger charge is -2.09. The fourth-order valence-electron chi connectivity index (χ4n) is 2.37. The highest BCUT2D eigenvalue weighted by Gasteiger charge is 2.08. The van der Waals surface area contributed by atoms with E-state index in [9.17, 15) is 4.79 Å². The molecular weight excluding hydrogens is 340 g/mol. The van der Waals surface area contributed by atoms with Gasteiger partial charge in [0.1, 0.15) is 0 Å². The molecule has 1 amide bonds. The van der Waals surface area contributed by atoms with Crippen LogP contribution in [0, 0.1) is 0 Å². The molecule has 0 aliphatic heterocycles. The van der Waals surface area contributed by atoms with Crippen LogP contribution in [0.2, 0.25) is 0 Å². The van der Waals surface area contributed by atoms with Crippen molar-refractivity contribution >= 4 is 38.4 Å². The first-order chi connectivity index (χ1) is 10.7. The summed E-state index contributed by atoms with van der Waals surface area (Å²) in [7, 11) is 0. The van der Waals surface area contributed by atoms with Gasteiger partial charge in [0, 0.05) is 22.5 Å². The zero-order valence-corrected chi connectivity index (χ0v) is 13.5. The summed E-state index contributed by atoms with van der Waals surface area (Å²) >= 11 is 3.47. The minimum absolute atomic E-state index is 0.00564. The molecule has 1 heterocycles. The number of rotatable bonds is 4. The molecule has 1 N–H and O–H groups in total. The number of carbonyl (C=O) groups excluding carboxylic acids is 1. The van der Waals surface area contributed by atoms with Crippen molar-refractivity contribution in [1.82, 2.24) is 4.98 Å². The van der Waals surface area contributed by atoms with Crippen LogP contribution in [0.15, 0.2) is 65.3 Å². The quantitative estimate of drug-likeness (QED) is 0.745. The summed E-state index contributed by atoms with van der Waals surface area (Å²) < 4.78 is 0.923. The van der Waals surface area contributed by atoms with Gasteiger partial charge in [-0.3, -0.25) is 9.78 Å². The lowest BCUT2D eigenvalue weighted by atomic mass is 10.1.